The van der Waals surface area contributed by atoms with Crippen LogP contribution in [-0.4, -0.2) is 17.1 Å². The van der Waals surface area contributed by atoms with E-state index >= 15 is 0 Å². The molecule has 0 aliphatic heterocycles. The Hall–Kier alpha value is -0.0505. The fourth-order valence-electron chi connectivity index (χ4n) is 0.609. The summed E-state index contributed by atoms with van der Waals surface area (Å²) in [5.41, 5.74) is 5.22. The normalized spacial score (nSPS) is 12.4. The molecule has 0 aromatic carbocycles. The number of aliphatic carboxylic acids is 1. The minimum atomic E-state index is -0.913. The van der Waals surface area contributed by atoms with Gasteiger partial charge in [-0.1, -0.05) is 13.8 Å². The van der Waals surface area contributed by atoms with Gasteiger partial charge in [0.2, 0.25) is 0 Å². The first-order valence-electron chi connectivity index (χ1n) is 3.02. The van der Waals surface area contributed by atoms with Gasteiger partial charge in [0, 0.05) is 0 Å². The number of carboxylic acid groups (broad SMARTS) is 1. The van der Waals surface area contributed by atoms with Crippen molar-refractivity contribution in [2.75, 3.05) is 0 Å². The summed E-state index contributed by atoms with van der Waals surface area (Å²) in [6.07, 6.45) is 0.551. The first kappa shape index (κ1) is 12.6. The topological polar surface area (TPSA) is 63.3 Å². The van der Waals surface area contributed by atoms with Crippen molar-refractivity contribution in [1.29, 1.82) is 0 Å². The Morgan fingerprint density at radius 3 is 2.10 bits per heavy atom. The number of hydrogen-bond acceptors (Lipinski definition) is 2. The molecule has 0 aliphatic carbocycles. The predicted octanol–water partition coefficient (Wildman–Crippen LogP) is 0.442. The zero-order valence-corrected chi connectivity index (χ0v) is 7.25. The third-order valence-electron chi connectivity index (χ3n) is 1.04. The average molecular weight is 187 g/mol. The third kappa shape index (κ3) is 6.08. The van der Waals surface area contributed by atoms with Crippen molar-refractivity contribution in [3.8, 4) is 0 Å². The largest absolute Gasteiger partial charge is 2.00 e. The van der Waals surface area contributed by atoms with E-state index in [1.807, 2.05) is 13.8 Å². The second kappa shape index (κ2) is 5.71. The SMILES string of the molecule is CC(C)CC(N)C(=O)O.[Fe+2]. The molecule has 0 fully saturated rings. The molecule has 10 heavy (non-hydrogen) atoms. The van der Waals surface area contributed by atoms with Gasteiger partial charge < -0.3 is 10.8 Å². The second-order valence-electron chi connectivity index (χ2n) is 2.57. The molecule has 0 aromatic heterocycles. The molecule has 60 valence electrons. The van der Waals surface area contributed by atoms with E-state index in [4.69, 9.17) is 10.8 Å². The van der Waals surface area contributed by atoms with Gasteiger partial charge in [-0.25, -0.2) is 0 Å². The van der Waals surface area contributed by atoms with Crippen LogP contribution in [0.2, 0.25) is 0 Å². The van der Waals surface area contributed by atoms with Crippen LogP contribution in [0.15, 0.2) is 0 Å². The van der Waals surface area contributed by atoms with Gasteiger partial charge in [0.15, 0.2) is 0 Å². The zero-order valence-electron chi connectivity index (χ0n) is 6.15. The summed E-state index contributed by atoms with van der Waals surface area (Å²) in [5.74, 6) is -0.556. The molecule has 0 saturated heterocycles. The molecule has 0 aliphatic rings. The Labute approximate surface area is 71.5 Å². The Balaban J connectivity index is 0. The first-order valence-corrected chi connectivity index (χ1v) is 3.02. The Morgan fingerprint density at radius 1 is 1.60 bits per heavy atom. The van der Waals surface area contributed by atoms with E-state index in [0.717, 1.165) is 0 Å². The summed E-state index contributed by atoms with van der Waals surface area (Å²) in [4.78, 5) is 10.1. The van der Waals surface area contributed by atoms with Crippen molar-refractivity contribution in [1.82, 2.24) is 0 Å². The van der Waals surface area contributed by atoms with E-state index < -0.39 is 12.0 Å². The Kier molecular flexibility index (Phi) is 7.20. The van der Waals surface area contributed by atoms with Crippen LogP contribution in [0.4, 0.5) is 0 Å². The summed E-state index contributed by atoms with van der Waals surface area (Å²) in [7, 11) is 0. The maximum absolute atomic E-state index is 10.1. The van der Waals surface area contributed by atoms with Gasteiger partial charge >= 0.3 is 23.0 Å². The molecule has 0 spiro atoms. The smallest absolute Gasteiger partial charge is 0.480 e. The Morgan fingerprint density at radius 2 is 2.00 bits per heavy atom. The second-order valence-corrected chi connectivity index (χ2v) is 2.57. The summed E-state index contributed by atoms with van der Waals surface area (Å²) >= 11 is 0. The number of hydrogen-bond donors (Lipinski definition) is 2. The molecular formula is C6H13FeNO2+2. The molecule has 0 aromatic rings. The fraction of sp³-hybridized carbons (Fsp3) is 0.833. The third-order valence-corrected chi connectivity index (χ3v) is 1.04. The monoisotopic (exact) mass is 187 g/mol. The maximum atomic E-state index is 10.1. The molecule has 1 unspecified atom stereocenters. The fourth-order valence-corrected chi connectivity index (χ4v) is 0.609. The van der Waals surface area contributed by atoms with E-state index in [1.165, 1.54) is 0 Å². The van der Waals surface area contributed by atoms with Crippen molar-refractivity contribution < 1.29 is 27.0 Å². The van der Waals surface area contributed by atoms with E-state index in [1.54, 1.807) is 0 Å². The van der Waals surface area contributed by atoms with Gasteiger partial charge in [-0.05, 0) is 12.3 Å². The van der Waals surface area contributed by atoms with Crippen LogP contribution in [0.25, 0.3) is 0 Å². The minimum Gasteiger partial charge on any atom is -0.480 e. The van der Waals surface area contributed by atoms with Crippen molar-refractivity contribution in [3.63, 3.8) is 0 Å². The molecule has 3 N–H and O–H groups in total. The quantitative estimate of drug-likeness (QED) is 0.630. The van der Waals surface area contributed by atoms with Crippen LogP contribution < -0.4 is 5.73 Å². The predicted molar refractivity (Wildman–Crippen MR) is 35.1 cm³/mol. The molecular weight excluding hydrogens is 174 g/mol. The average Bonchev–Trinajstić information content (AvgIpc) is 1.63. The summed E-state index contributed by atoms with van der Waals surface area (Å²) in [6.45, 7) is 3.89. The van der Waals surface area contributed by atoms with Crippen LogP contribution in [0.1, 0.15) is 20.3 Å². The number of rotatable bonds is 3. The summed E-state index contributed by atoms with van der Waals surface area (Å²) in [6, 6.07) is -0.690. The van der Waals surface area contributed by atoms with E-state index in [0.29, 0.717) is 12.3 Å². The molecule has 4 heteroatoms. The maximum Gasteiger partial charge on any atom is 2.00 e. The molecule has 0 rings (SSSR count). The van der Waals surface area contributed by atoms with Crippen molar-refractivity contribution in [2.45, 2.75) is 26.3 Å². The Bertz CT molecular complexity index is 106. The van der Waals surface area contributed by atoms with Crippen molar-refractivity contribution >= 4 is 5.97 Å². The molecule has 0 heterocycles. The van der Waals surface area contributed by atoms with Crippen LogP contribution in [0.5, 0.6) is 0 Å². The van der Waals surface area contributed by atoms with Crippen LogP contribution in [0.3, 0.4) is 0 Å². The van der Waals surface area contributed by atoms with E-state index in [-0.39, 0.29) is 17.1 Å². The summed E-state index contributed by atoms with van der Waals surface area (Å²) < 4.78 is 0. The van der Waals surface area contributed by atoms with Crippen LogP contribution in [0, 0.1) is 5.92 Å². The van der Waals surface area contributed by atoms with Crippen molar-refractivity contribution in [2.24, 2.45) is 11.7 Å². The molecule has 0 radical (unpaired) electrons. The van der Waals surface area contributed by atoms with Gasteiger partial charge in [0.25, 0.3) is 0 Å². The minimum absolute atomic E-state index is 0. The zero-order chi connectivity index (χ0) is 7.44. The molecule has 3 nitrogen and oxygen atoms in total. The standard InChI is InChI=1S/C6H13NO2.Fe/c1-4(2)3-5(7)6(8)9;/h4-5H,3,7H2,1-2H3,(H,8,9);/q;+2. The molecule has 0 saturated carbocycles. The van der Waals surface area contributed by atoms with Gasteiger partial charge in [0.05, 0.1) is 0 Å². The van der Waals surface area contributed by atoms with Gasteiger partial charge in [0.1, 0.15) is 6.04 Å². The van der Waals surface area contributed by atoms with E-state index in [9.17, 15) is 4.79 Å². The van der Waals surface area contributed by atoms with Gasteiger partial charge in [-0.2, -0.15) is 0 Å². The number of nitrogens with two attached hydrogens (primary N) is 1. The van der Waals surface area contributed by atoms with Gasteiger partial charge in [-0.15, -0.1) is 0 Å². The molecule has 0 bridgehead atoms. The van der Waals surface area contributed by atoms with Crippen LogP contribution >= 0.6 is 0 Å². The summed E-state index contributed by atoms with van der Waals surface area (Å²) in [5, 5.41) is 8.31. The van der Waals surface area contributed by atoms with Crippen molar-refractivity contribution in [3.05, 3.63) is 0 Å². The van der Waals surface area contributed by atoms with Crippen LogP contribution in [-0.2, 0) is 21.9 Å². The number of carbonyl (C=O) groups is 1. The van der Waals surface area contributed by atoms with E-state index in [2.05, 4.69) is 0 Å². The first-order chi connectivity index (χ1) is 4.04. The molecule has 1 atom stereocenters. The molecule has 0 amide bonds. The number of carboxylic acids is 1. The van der Waals surface area contributed by atoms with Gasteiger partial charge in [-0.3, -0.25) is 4.79 Å².